The Labute approximate surface area is 106 Å². The van der Waals surface area contributed by atoms with Crippen molar-refractivity contribution in [1.82, 2.24) is 0 Å². The molecule has 0 fully saturated rings. The zero-order valence-electron chi connectivity index (χ0n) is 10.5. The van der Waals surface area contributed by atoms with E-state index in [4.69, 9.17) is 15.2 Å². The highest BCUT2D eigenvalue weighted by molar-refractivity contribution is 5.79. The molecule has 0 heterocycles. The fourth-order valence-electron chi connectivity index (χ4n) is 1.53. The number of benzene rings is 1. The third-order valence-corrected chi connectivity index (χ3v) is 2.46. The number of ether oxygens (including phenoxy) is 2. The third kappa shape index (κ3) is 3.48. The molecule has 1 aromatic rings. The SMILES string of the molecule is CCCC(Oc1ccc(C=O)cc1OC)C(N)=O. The molecular formula is C13H17NO4. The van der Waals surface area contributed by atoms with Gasteiger partial charge < -0.3 is 15.2 Å². The molecule has 98 valence electrons. The summed E-state index contributed by atoms with van der Waals surface area (Å²) in [6, 6.07) is 4.73. The van der Waals surface area contributed by atoms with Crippen molar-refractivity contribution in [2.75, 3.05) is 7.11 Å². The van der Waals surface area contributed by atoms with Crippen molar-refractivity contribution in [3.8, 4) is 11.5 Å². The van der Waals surface area contributed by atoms with E-state index in [2.05, 4.69) is 0 Å². The second-order valence-electron chi connectivity index (χ2n) is 3.83. The Morgan fingerprint density at radius 1 is 1.44 bits per heavy atom. The van der Waals surface area contributed by atoms with E-state index in [1.54, 1.807) is 18.2 Å². The number of nitrogens with two attached hydrogens (primary N) is 1. The summed E-state index contributed by atoms with van der Waals surface area (Å²) >= 11 is 0. The predicted octanol–water partition coefficient (Wildman–Crippen LogP) is 1.54. The Hall–Kier alpha value is -2.04. The number of rotatable bonds is 7. The van der Waals surface area contributed by atoms with Crippen LogP contribution >= 0.6 is 0 Å². The molecule has 1 atom stereocenters. The molecule has 0 aromatic heterocycles. The van der Waals surface area contributed by atoms with Crippen LogP contribution in [0, 0.1) is 0 Å². The van der Waals surface area contributed by atoms with Crippen molar-refractivity contribution in [2.45, 2.75) is 25.9 Å². The number of aldehydes is 1. The first-order valence-electron chi connectivity index (χ1n) is 5.71. The molecule has 1 amide bonds. The minimum atomic E-state index is -0.689. The largest absolute Gasteiger partial charge is 0.493 e. The maximum absolute atomic E-state index is 11.2. The van der Waals surface area contributed by atoms with Gasteiger partial charge in [-0.1, -0.05) is 13.3 Å². The minimum Gasteiger partial charge on any atom is -0.493 e. The first-order chi connectivity index (χ1) is 8.62. The molecule has 2 N–H and O–H groups in total. The first kappa shape index (κ1) is 14.0. The Morgan fingerprint density at radius 2 is 2.17 bits per heavy atom. The fourth-order valence-corrected chi connectivity index (χ4v) is 1.53. The summed E-state index contributed by atoms with van der Waals surface area (Å²) in [6.45, 7) is 1.94. The Balaban J connectivity index is 2.94. The summed E-state index contributed by atoms with van der Waals surface area (Å²) in [6.07, 6.45) is 1.34. The molecule has 5 nitrogen and oxygen atoms in total. The predicted molar refractivity (Wildman–Crippen MR) is 66.9 cm³/mol. The van der Waals surface area contributed by atoms with Crippen LogP contribution in [0.5, 0.6) is 11.5 Å². The maximum atomic E-state index is 11.2. The number of amides is 1. The van der Waals surface area contributed by atoms with Gasteiger partial charge in [-0.2, -0.15) is 0 Å². The van der Waals surface area contributed by atoms with Crippen LogP contribution in [0.25, 0.3) is 0 Å². The van der Waals surface area contributed by atoms with Crippen LogP contribution in [0.1, 0.15) is 30.1 Å². The summed E-state index contributed by atoms with van der Waals surface area (Å²) in [4.78, 5) is 21.9. The smallest absolute Gasteiger partial charge is 0.258 e. The topological polar surface area (TPSA) is 78.6 Å². The normalized spacial score (nSPS) is 11.7. The van der Waals surface area contributed by atoms with E-state index in [9.17, 15) is 9.59 Å². The molecule has 0 bridgehead atoms. The average Bonchev–Trinajstić information content (AvgIpc) is 2.38. The van der Waals surface area contributed by atoms with Gasteiger partial charge in [-0.25, -0.2) is 0 Å². The number of carbonyl (C=O) groups excluding carboxylic acids is 2. The summed E-state index contributed by atoms with van der Waals surface area (Å²) in [5.74, 6) is 0.292. The number of primary amides is 1. The molecule has 1 rings (SSSR count). The lowest BCUT2D eigenvalue weighted by molar-refractivity contribution is -0.125. The van der Waals surface area contributed by atoms with Crippen molar-refractivity contribution < 1.29 is 19.1 Å². The van der Waals surface area contributed by atoms with Gasteiger partial charge in [-0.05, 0) is 24.6 Å². The average molecular weight is 251 g/mol. The second kappa shape index (κ2) is 6.64. The fraction of sp³-hybridized carbons (Fsp3) is 0.385. The zero-order chi connectivity index (χ0) is 13.5. The molecule has 0 aliphatic heterocycles. The van der Waals surface area contributed by atoms with Gasteiger partial charge >= 0.3 is 0 Å². The molecule has 0 spiro atoms. The highest BCUT2D eigenvalue weighted by Gasteiger charge is 2.18. The van der Waals surface area contributed by atoms with Crippen LogP contribution in [0.4, 0.5) is 0 Å². The van der Waals surface area contributed by atoms with Gasteiger partial charge in [-0.3, -0.25) is 9.59 Å². The zero-order valence-corrected chi connectivity index (χ0v) is 10.5. The van der Waals surface area contributed by atoms with Gasteiger partial charge in [0.1, 0.15) is 6.29 Å². The number of methoxy groups -OCH3 is 1. The van der Waals surface area contributed by atoms with Crippen LogP contribution in [0.2, 0.25) is 0 Å². The van der Waals surface area contributed by atoms with Gasteiger partial charge in [0, 0.05) is 5.56 Å². The van der Waals surface area contributed by atoms with Crippen LogP contribution < -0.4 is 15.2 Å². The van der Waals surface area contributed by atoms with Crippen molar-refractivity contribution in [3.05, 3.63) is 23.8 Å². The highest BCUT2D eigenvalue weighted by Crippen LogP contribution is 2.29. The lowest BCUT2D eigenvalue weighted by Crippen LogP contribution is -2.33. The van der Waals surface area contributed by atoms with Gasteiger partial charge in [0.05, 0.1) is 7.11 Å². The Bertz CT molecular complexity index is 431. The molecule has 1 aromatic carbocycles. The molecular weight excluding hydrogens is 234 g/mol. The van der Waals surface area contributed by atoms with Crippen LogP contribution in [0.3, 0.4) is 0 Å². The molecule has 5 heteroatoms. The van der Waals surface area contributed by atoms with Crippen molar-refractivity contribution >= 4 is 12.2 Å². The van der Waals surface area contributed by atoms with E-state index in [0.29, 0.717) is 29.8 Å². The van der Waals surface area contributed by atoms with Gasteiger partial charge in [-0.15, -0.1) is 0 Å². The molecule has 18 heavy (non-hydrogen) atoms. The molecule has 0 saturated carbocycles. The summed E-state index contributed by atoms with van der Waals surface area (Å²) in [5, 5.41) is 0. The van der Waals surface area contributed by atoms with E-state index in [0.717, 1.165) is 6.42 Å². The number of carbonyl (C=O) groups is 2. The molecule has 0 aliphatic rings. The van der Waals surface area contributed by atoms with Crippen molar-refractivity contribution in [3.63, 3.8) is 0 Å². The first-order valence-corrected chi connectivity index (χ1v) is 5.71. The van der Waals surface area contributed by atoms with Gasteiger partial charge in [0.25, 0.3) is 5.91 Å². The number of hydrogen-bond acceptors (Lipinski definition) is 4. The van der Waals surface area contributed by atoms with E-state index in [-0.39, 0.29) is 0 Å². The van der Waals surface area contributed by atoms with E-state index in [1.165, 1.54) is 7.11 Å². The van der Waals surface area contributed by atoms with Crippen molar-refractivity contribution in [1.29, 1.82) is 0 Å². The number of hydrogen-bond donors (Lipinski definition) is 1. The van der Waals surface area contributed by atoms with E-state index in [1.807, 2.05) is 6.92 Å². The third-order valence-electron chi connectivity index (χ3n) is 2.46. The van der Waals surface area contributed by atoms with E-state index < -0.39 is 12.0 Å². The Kier molecular flexibility index (Phi) is 5.17. The molecule has 0 aliphatic carbocycles. The summed E-state index contributed by atoms with van der Waals surface area (Å²) in [7, 11) is 1.47. The van der Waals surface area contributed by atoms with Crippen molar-refractivity contribution in [2.24, 2.45) is 5.73 Å². The Morgan fingerprint density at radius 3 is 2.67 bits per heavy atom. The molecule has 1 unspecified atom stereocenters. The highest BCUT2D eigenvalue weighted by atomic mass is 16.5. The van der Waals surface area contributed by atoms with Gasteiger partial charge in [0.2, 0.25) is 0 Å². The quantitative estimate of drug-likeness (QED) is 0.745. The van der Waals surface area contributed by atoms with Gasteiger partial charge in [0.15, 0.2) is 17.6 Å². The van der Waals surface area contributed by atoms with Crippen LogP contribution in [-0.4, -0.2) is 25.4 Å². The molecule has 0 saturated heterocycles. The minimum absolute atomic E-state index is 0.403. The lowest BCUT2D eigenvalue weighted by Gasteiger charge is -2.17. The van der Waals surface area contributed by atoms with Crippen LogP contribution in [0.15, 0.2) is 18.2 Å². The monoisotopic (exact) mass is 251 g/mol. The standard InChI is InChI=1S/C13H17NO4/c1-3-4-11(13(14)16)18-10-6-5-9(8-15)7-12(10)17-2/h5-8,11H,3-4H2,1-2H3,(H2,14,16). The summed E-state index contributed by atoms with van der Waals surface area (Å²) in [5.41, 5.74) is 5.73. The van der Waals surface area contributed by atoms with E-state index >= 15 is 0 Å². The molecule has 0 radical (unpaired) electrons. The summed E-state index contributed by atoms with van der Waals surface area (Å²) < 4.78 is 10.6. The maximum Gasteiger partial charge on any atom is 0.258 e. The lowest BCUT2D eigenvalue weighted by atomic mass is 10.2. The van der Waals surface area contributed by atoms with Crippen LogP contribution in [-0.2, 0) is 4.79 Å². The second-order valence-corrected chi connectivity index (χ2v) is 3.83.